The minimum absolute atomic E-state index is 0.0683. The van der Waals surface area contributed by atoms with Crippen LogP contribution in [0.3, 0.4) is 0 Å². The molecule has 1 amide bonds. The summed E-state index contributed by atoms with van der Waals surface area (Å²) in [5, 5.41) is 1.16. The predicted molar refractivity (Wildman–Crippen MR) is 139 cm³/mol. The van der Waals surface area contributed by atoms with Gasteiger partial charge in [0.15, 0.2) is 5.13 Å². The lowest BCUT2D eigenvalue weighted by atomic mass is 10.2. The van der Waals surface area contributed by atoms with Crippen molar-refractivity contribution in [3.05, 3.63) is 52.5 Å². The average Bonchev–Trinajstić information content (AvgIpc) is 3.56. The van der Waals surface area contributed by atoms with Gasteiger partial charge < -0.3 is 4.74 Å². The number of ether oxygens (including phenoxy) is 1. The standard InChI is InChI=1S/C25H28ClN3O4S2/c1-17-7-12-21(26)23-22(17)27-25(34-23)29(16-19-6-5-15-33-19)24(30)18-8-10-20(11-9-18)35(31,32)28-13-3-2-4-14-28/h7-12,19H,2-6,13-16H2,1H3. The molecule has 0 N–H and O–H groups in total. The van der Waals surface area contributed by atoms with Crippen LogP contribution >= 0.6 is 22.9 Å². The molecular weight excluding hydrogens is 506 g/mol. The number of aromatic nitrogens is 1. The zero-order chi connectivity index (χ0) is 24.6. The fourth-order valence-electron chi connectivity index (χ4n) is 4.63. The number of nitrogens with zero attached hydrogens (tertiary/aromatic N) is 3. The molecule has 3 heterocycles. The van der Waals surface area contributed by atoms with Gasteiger partial charge in [0.25, 0.3) is 5.91 Å². The molecular formula is C25H28ClN3O4S2. The van der Waals surface area contributed by atoms with Gasteiger partial charge in [-0.2, -0.15) is 4.31 Å². The van der Waals surface area contributed by atoms with Crippen LogP contribution in [0.4, 0.5) is 5.13 Å². The molecule has 0 aliphatic carbocycles. The second-order valence-corrected chi connectivity index (χ2v) is 12.4. The highest BCUT2D eigenvalue weighted by molar-refractivity contribution is 7.89. The van der Waals surface area contributed by atoms with Crippen molar-refractivity contribution in [1.29, 1.82) is 0 Å². The first kappa shape index (κ1) is 24.6. The smallest absolute Gasteiger partial charge is 0.260 e. The number of fused-ring (bicyclic) bond motifs is 1. The lowest BCUT2D eigenvalue weighted by Crippen LogP contribution is -2.37. The molecule has 2 aliphatic rings. The molecule has 2 saturated heterocycles. The van der Waals surface area contributed by atoms with Crippen LogP contribution < -0.4 is 4.90 Å². The van der Waals surface area contributed by atoms with Crippen molar-refractivity contribution in [2.75, 3.05) is 31.1 Å². The Kier molecular flexibility index (Phi) is 7.14. The van der Waals surface area contributed by atoms with Crippen LogP contribution in [0.1, 0.15) is 48.0 Å². The second kappa shape index (κ2) is 10.1. The number of benzene rings is 2. The first-order valence-corrected chi connectivity index (χ1v) is 14.6. The Labute approximate surface area is 214 Å². The van der Waals surface area contributed by atoms with E-state index in [1.54, 1.807) is 17.0 Å². The number of piperidine rings is 1. The highest BCUT2D eigenvalue weighted by Crippen LogP contribution is 2.36. The fourth-order valence-corrected chi connectivity index (χ4v) is 7.47. The Bertz CT molecular complexity index is 1290. The van der Waals surface area contributed by atoms with Crippen molar-refractivity contribution in [2.24, 2.45) is 0 Å². The van der Waals surface area contributed by atoms with Crippen LogP contribution in [0.15, 0.2) is 41.3 Å². The monoisotopic (exact) mass is 533 g/mol. The molecule has 10 heteroatoms. The SMILES string of the molecule is Cc1ccc(Cl)c2sc(N(CC3CCCO3)C(=O)c3ccc(S(=O)(=O)N4CCCCC4)cc3)nc12. The molecule has 7 nitrogen and oxygen atoms in total. The summed E-state index contributed by atoms with van der Waals surface area (Å²) in [7, 11) is -3.56. The van der Waals surface area contributed by atoms with Crippen LogP contribution in [0.2, 0.25) is 5.02 Å². The lowest BCUT2D eigenvalue weighted by molar-refractivity contribution is 0.0917. The Balaban J connectivity index is 1.46. The number of carbonyl (C=O) groups excluding carboxylic acids is 1. The topological polar surface area (TPSA) is 79.8 Å². The number of rotatable bonds is 6. The van der Waals surface area contributed by atoms with E-state index < -0.39 is 10.0 Å². The second-order valence-electron chi connectivity index (χ2n) is 9.08. The van der Waals surface area contributed by atoms with Gasteiger partial charge in [-0.25, -0.2) is 13.4 Å². The average molecular weight is 534 g/mol. The highest BCUT2D eigenvalue weighted by atomic mass is 35.5. The van der Waals surface area contributed by atoms with Crippen LogP contribution in [-0.4, -0.2) is 56.0 Å². The number of anilines is 1. The number of hydrogen-bond acceptors (Lipinski definition) is 6. The predicted octanol–water partition coefficient (Wildman–Crippen LogP) is 5.26. The highest BCUT2D eigenvalue weighted by Gasteiger charge is 2.29. The van der Waals surface area contributed by atoms with E-state index in [0.717, 1.165) is 47.9 Å². The van der Waals surface area contributed by atoms with E-state index in [9.17, 15) is 13.2 Å². The molecule has 2 aromatic carbocycles. The molecule has 0 bridgehead atoms. The van der Waals surface area contributed by atoms with E-state index in [4.69, 9.17) is 21.3 Å². The third-order valence-electron chi connectivity index (χ3n) is 6.63. The minimum atomic E-state index is -3.56. The Hall–Kier alpha value is -2.04. The van der Waals surface area contributed by atoms with E-state index in [-0.39, 0.29) is 16.9 Å². The molecule has 0 spiro atoms. The Morgan fingerprint density at radius 3 is 2.54 bits per heavy atom. The van der Waals surface area contributed by atoms with Gasteiger partial charge in [-0.05, 0) is 68.5 Å². The number of amides is 1. The largest absolute Gasteiger partial charge is 0.376 e. The summed E-state index contributed by atoms with van der Waals surface area (Å²) in [6.07, 6.45) is 4.57. The van der Waals surface area contributed by atoms with Gasteiger partial charge >= 0.3 is 0 Å². The van der Waals surface area contributed by atoms with Gasteiger partial charge in [-0.3, -0.25) is 9.69 Å². The number of halogens is 1. The molecule has 35 heavy (non-hydrogen) atoms. The van der Waals surface area contributed by atoms with Gasteiger partial charge in [0.05, 0.1) is 32.8 Å². The van der Waals surface area contributed by atoms with E-state index in [1.807, 2.05) is 19.1 Å². The van der Waals surface area contributed by atoms with Crippen LogP contribution in [0.5, 0.6) is 0 Å². The van der Waals surface area contributed by atoms with Gasteiger partial charge in [0.1, 0.15) is 0 Å². The zero-order valence-corrected chi connectivity index (χ0v) is 22.0. The number of aryl methyl sites for hydroxylation is 1. The summed E-state index contributed by atoms with van der Waals surface area (Å²) in [5.41, 5.74) is 2.18. The summed E-state index contributed by atoms with van der Waals surface area (Å²) in [5.74, 6) is -0.241. The molecule has 186 valence electrons. The molecule has 2 aliphatic heterocycles. The van der Waals surface area contributed by atoms with E-state index in [1.165, 1.54) is 27.8 Å². The summed E-state index contributed by atoms with van der Waals surface area (Å²) in [4.78, 5) is 20.3. The van der Waals surface area contributed by atoms with Crippen LogP contribution in [-0.2, 0) is 14.8 Å². The van der Waals surface area contributed by atoms with Crippen LogP contribution in [0.25, 0.3) is 10.2 Å². The summed E-state index contributed by atoms with van der Waals surface area (Å²) < 4.78 is 34.2. The maximum Gasteiger partial charge on any atom is 0.260 e. The van der Waals surface area contributed by atoms with Crippen molar-refractivity contribution in [2.45, 2.75) is 50.0 Å². The van der Waals surface area contributed by atoms with Gasteiger partial charge in [0.2, 0.25) is 10.0 Å². The zero-order valence-electron chi connectivity index (χ0n) is 19.6. The summed E-state index contributed by atoms with van der Waals surface area (Å²) >= 11 is 7.80. The summed E-state index contributed by atoms with van der Waals surface area (Å²) in [6, 6.07) is 10.00. The van der Waals surface area contributed by atoms with Crippen molar-refractivity contribution < 1.29 is 17.9 Å². The van der Waals surface area contributed by atoms with E-state index in [0.29, 0.717) is 42.0 Å². The van der Waals surface area contributed by atoms with Crippen molar-refractivity contribution >= 4 is 54.2 Å². The number of hydrogen-bond donors (Lipinski definition) is 0. The van der Waals surface area contributed by atoms with E-state index >= 15 is 0 Å². The normalized spacial score (nSPS) is 19.3. The van der Waals surface area contributed by atoms with Crippen molar-refractivity contribution in [3.8, 4) is 0 Å². The van der Waals surface area contributed by atoms with Gasteiger partial charge in [0, 0.05) is 25.3 Å². The Morgan fingerprint density at radius 1 is 1.14 bits per heavy atom. The first-order chi connectivity index (χ1) is 16.8. The number of carbonyl (C=O) groups is 1. The molecule has 5 rings (SSSR count). The Morgan fingerprint density at radius 2 is 1.89 bits per heavy atom. The van der Waals surface area contributed by atoms with Gasteiger partial charge in [-0.1, -0.05) is 35.4 Å². The molecule has 1 aromatic heterocycles. The van der Waals surface area contributed by atoms with E-state index in [2.05, 4.69) is 0 Å². The number of sulfonamides is 1. The number of thiazole rings is 1. The maximum absolute atomic E-state index is 13.7. The molecule has 1 atom stereocenters. The molecule has 1 unspecified atom stereocenters. The fraction of sp³-hybridized carbons (Fsp3) is 0.440. The van der Waals surface area contributed by atoms with Gasteiger partial charge in [-0.15, -0.1) is 0 Å². The molecule has 2 fully saturated rings. The third kappa shape index (κ3) is 4.97. The minimum Gasteiger partial charge on any atom is -0.376 e. The van der Waals surface area contributed by atoms with Crippen molar-refractivity contribution in [3.63, 3.8) is 0 Å². The maximum atomic E-state index is 13.7. The molecule has 0 saturated carbocycles. The first-order valence-electron chi connectivity index (χ1n) is 11.9. The lowest BCUT2D eigenvalue weighted by Gasteiger charge is -2.26. The molecule has 3 aromatic rings. The molecule has 0 radical (unpaired) electrons. The van der Waals surface area contributed by atoms with Crippen LogP contribution in [0, 0.1) is 6.92 Å². The summed E-state index contributed by atoms with van der Waals surface area (Å²) in [6.45, 7) is 4.11. The third-order valence-corrected chi connectivity index (χ3v) is 10.1. The quantitative estimate of drug-likeness (QED) is 0.432. The van der Waals surface area contributed by atoms with Crippen molar-refractivity contribution in [1.82, 2.24) is 9.29 Å².